The minimum Gasteiger partial charge on any atom is -0.382 e. The van der Waals surface area contributed by atoms with Crippen molar-refractivity contribution in [3.8, 4) is 11.3 Å². The first-order valence-electron chi connectivity index (χ1n) is 6.76. The standard InChI is InChI=1S/C14H14N8O/c1-22-11(23)6-19-13-14(22)21-10(5-18-13)8-2-3-9(17-4-8)12(16)20-7-15/h2-5,7H,6H2,1H3,(H,18,19)(H3,15,16,20). The highest BCUT2D eigenvalue weighted by molar-refractivity contribution is 6.00. The summed E-state index contributed by atoms with van der Waals surface area (Å²) in [5.41, 5.74) is 7.47. The number of amidine groups is 1. The Hall–Kier alpha value is -3.36. The van der Waals surface area contributed by atoms with Crippen molar-refractivity contribution in [1.29, 1.82) is 5.41 Å². The Morgan fingerprint density at radius 2 is 2.26 bits per heavy atom. The summed E-state index contributed by atoms with van der Waals surface area (Å²) in [4.78, 5) is 29.8. The van der Waals surface area contributed by atoms with Gasteiger partial charge in [-0.25, -0.2) is 15.0 Å². The van der Waals surface area contributed by atoms with Crippen molar-refractivity contribution >= 4 is 29.7 Å². The van der Waals surface area contributed by atoms with Crippen LogP contribution in [0.3, 0.4) is 0 Å². The van der Waals surface area contributed by atoms with Gasteiger partial charge in [0.2, 0.25) is 5.91 Å². The lowest BCUT2D eigenvalue weighted by Crippen LogP contribution is -2.38. The molecule has 116 valence electrons. The predicted molar refractivity (Wildman–Crippen MR) is 86.7 cm³/mol. The van der Waals surface area contributed by atoms with Crippen LogP contribution in [-0.4, -0.2) is 46.6 Å². The number of fused-ring (bicyclic) bond motifs is 1. The van der Waals surface area contributed by atoms with E-state index >= 15 is 0 Å². The third-order valence-electron chi connectivity index (χ3n) is 3.38. The molecule has 0 aliphatic carbocycles. The van der Waals surface area contributed by atoms with Crippen LogP contribution >= 0.6 is 0 Å². The van der Waals surface area contributed by atoms with Crippen molar-refractivity contribution in [3.05, 3.63) is 30.2 Å². The van der Waals surface area contributed by atoms with E-state index in [4.69, 9.17) is 11.1 Å². The third-order valence-corrected chi connectivity index (χ3v) is 3.38. The van der Waals surface area contributed by atoms with Crippen molar-refractivity contribution in [2.24, 2.45) is 10.7 Å². The quantitative estimate of drug-likeness (QED) is 0.549. The normalized spacial score (nSPS) is 14.2. The SMILES string of the molecule is CN1C(=O)CNc2ncc(-c3ccc(C(N)=NC=N)nc3)nc21. The second-order valence-corrected chi connectivity index (χ2v) is 4.81. The highest BCUT2D eigenvalue weighted by atomic mass is 16.2. The molecule has 0 aromatic carbocycles. The zero-order valence-corrected chi connectivity index (χ0v) is 12.3. The minimum atomic E-state index is -0.0759. The minimum absolute atomic E-state index is 0.0759. The Balaban J connectivity index is 1.95. The van der Waals surface area contributed by atoms with Gasteiger partial charge in [0.05, 0.1) is 18.4 Å². The number of rotatable bonds is 3. The zero-order chi connectivity index (χ0) is 16.4. The summed E-state index contributed by atoms with van der Waals surface area (Å²) in [5, 5.41) is 9.83. The summed E-state index contributed by atoms with van der Waals surface area (Å²) in [6, 6.07) is 3.47. The van der Waals surface area contributed by atoms with E-state index in [0.717, 1.165) is 11.9 Å². The van der Waals surface area contributed by atoms with E-state index in [0.29, 0.717) is 23.0 Å². The highest BCUT2D eigenvalue weighted by Crippen LogP contribution is 2.27. The molecule has 0 saturated carbocycles. The van der Waals surface area contributed by atoms with Crippen molar-refractivity contribution in [2.45, 2.75) is 0 Å². The number of likely N-dealkylation sites (N-methyl/N-ethyl adjacent to an activating group) is 1. The van der Waals surface area contributed by atoms with Gasteiger partial charge in [-0.2, -0.15) is 0 Å². The van der Waals surface area contributed by atoms with Crippen molar-refractivity contribution in [3.63, 3.8) is 0 Å². The number of carbonyl (C=O) groups is 1. The average molecular weight is 310 g/mol. The van der Waals surface area contributed by atoms with E-state index in [2.05, 4.69) is 25.3 Å². The summed E-state index contributed by atoms with van der Waals surface area (Å²) < 4.78 is 0. The van der Waals surface area contributed by atoms with E-state index in [1.165, 1.54) is 4.90 Å². The van der Waals surface area contributed by atoms with E-state index in [9.17, 15) is 4.79 Å². The third kappa shape index (κ3) is 2.71. The summed E-state index contributed by atoms with van der Waals surface area (Å²) in [6.45, 7) is 0.208. The largest absolute Gasteiger partial charge is 0.382 e. The van der Waals surface area contributed by atoms with Gasteiger partial charge in [0, 0.05) is 18.8 Å². The van der Waals surface area contributed by atoms with Gasteiger partial charge in [0.25, 0.3) is 0 Å². The second kappa shape index (κ2) is 5.79. The maximum absolute atomic E-state index is 11.7. The fourth-order valence-electron chi connectivity index (χ4n) is 2.11. The lowest BCUT2D eigenvalue weighted by atomic mass is 10.2. The van der Waals surface area contributed by atoms with Crippen LogP contribution in [0.25, 0.3) is 11.3 Å². The van der Waals surface area contributed by atoms with E-state index in [-0.39, 0.29) is 18.3 Å². The van der Waals surface area contributed by atoms with Crippen molar-refractivity contribution < 1.29 is 4.79 Å². The van der Waals surface area contributed by atoms with E-state index in [1.807, 2.05) is 0 Å². The monoisotopic (exact) mass is 310 g/mol. The van der Waals surface area contributed by atoms with Gasteiger partial charge in [-0.3, -0.25) is 20.1 Å². The molecule has 0 fully saturated rings. The number of nitrogens with one attached hydrogen (secondary N) is 2. The number of pyridine rings is 1. The molecule has 1 aliphatic rings. The molecule has 0 saturated heterocycles. The van der Waals surface area contributed by atoms with Gasteiger partial charge in [-0.05, 0) is 12.1 Å². The summed E-state index contributed by atoms with van der Waals surface area (Å²) in [7, 11) is 1.66. The molecular formula is C14H14N8O. The smallest absolute Gasteiger partial charge is 0.247 e. The van der Waals surface area contributed by atoms with Gasteiger partial charge in [0.15, 0.2) is 17.5 Å². The topological polar surface area (TPSA) is 133 Å². The predicted octanol–water partition coefficient (Wildman–Crippen LogP) is 0.239. The molecule has 9 nitrogen and oxygen atoms in total. The van der Waals surface area contributed by atoms with Crippen LogP contribution in [0, 0.1) is 5.41 Å². The Kier molecular flexibility index (Phi) is 3.67. The molecular weight excluding hydrogens is 296 g/mol. The number of anilines is 2. The maximum Gasteiger partial charge on any atom is 0.247 e. The number of amides is 1. The molecule has 0 bridgehead atoms. The first-order chi connectivity index (χ1) is 11.1. The molecule has 9 heteroatoms. The molecule has 23 heavy (non-hydrogen) atoms. The molecule has 1 aliphatic heterocycles. The summed E-state index contributed by atoms with van der Waals surface area (Å²) in [5.74, 6) is 1.14. The number of nitrogens with zero attached hydrogens (tertiary/aromatic N) is 5. The van der Waals surface area contributed by atoms with Gasteiger partial charge in [-0.15, -0.1) is 0 Å². The van der Waals surface area contributed by atoms with E-state index < -0.39 is 0 Å². The summed E-state index contributed by atoms with van der Waals surface area (Å²) in [6.07, 6.45) is 4.07. The molecule has 0 atom stereocenters. The van der Waals surface area contributed by atoms with Gasteiger partial charge >= 0.3 is 0 Å². The lowest BCUT2D eigenvalue weighted by Gasteiger charge is -2.24. The van der Waals surface area contributed by atoms with Crippen molar-refractivity contribution in [1.82, 2.24) is 15.0 Å². The molecule has 2 aromatic rings. The van der Waals surface area contributed by atoms with Crippen LogP contribution in [-0.2, 0) is 4.79 Å². The molecule has 0 radical (unpaired) electrons. The molecule has 1 amide bonds. The van der Waals surface area contributed by atoms with Gasteiger partial charge in [0.1, 0.15) is 12.0 Å². The second-order valence-electron chi connectivity index (χ2n) is 4.81. The Morgan fingerprint density at radius 3 is 2.96 bits per heavy atom. The van der Waals surface area contributed by atoms with Crippen LogP contribution in [0.4, 0.5) is 11.6 Å². The van der Waals surface area contributed by atoms with Crippen LogP contribution < -0.4 is 16.0 Å². The molecule has 0 unspecified atom stereocenters. The van der Waals surface area contributed by atoms with Crippen molar-refractivity contribution in [2.75, 3.05) is 23.8 Å². The number of hydrogen-bond donors (Lipinski definition) is 3. The van der Waals surface area contributed by atoms with Gasteiger partial charge < -0.3 is 11.1 Å². The molecule has 0 spiro atoms. The molecule has 3 heterocycles. The Labute approximate surface area is 131 Å². The Morgan fingerprint density at radius 1 is 1.43 bits per heavy atom. The molecule has 4 N–H and O–H groups in total. The average Bonchev–Trinajstić information content (AvgIpc) is 2.58. The maximum atomic E-state index is 11.7. The summed E-state index contributed by atoms with van der Waals surface area (Å²) >= 11 is 0. The number of carbonyl (C=O) groups excluding carboxylic acids is 1. The van der Waals surface area contributed by atoms with Crippen LogP contribution in [0.1, 0.15) is 5.69 Å². The van der Waals surface area contributed by atoms with Crippen LogP contribution in [0.2, 0.25) is 0 Å². The number of aliphatic imine (C=N–C) groups is 1. The van der Waals surface area contributed by atoms with Crippen LogP contribution in [0.5, 0.6) is 0 Å². The Bertz CT molecular complexity index is 799. The fraction of sp³-hybridized carbons (Fsp3) is 0.143. The van der Waals surface area contributed by atoms with Crippen LogP contribution in [0.15, 0.2) is 29.5 Å². The highest BCUT2D eigenvalue weighted by Gasteiger charge is 2.23. The van der Waals surface area contributed by atoms with E-state index in [1.54, 1.807) is 31.6 Å². The first-order valence-corrected chi connectivity index (χ1v) is 6.76. The first kappa shape index (κ1) is 14.6. The fourth-order valence-corrected chi connectivity index (χ4v) is 2.11. The zero-order valence-electron chi connectivity index (χ0n) is 12.3. The molecule has 2 aromatic heterocycles. The number of nitrogens with two attached hydrogens (primary N) is 1. The molecule has 3 rings (SSSR count). The number of aromatic nitrogens is 3. The van der Waals surface area contributed by atoms with Gasteiger partial charge in [-0.1, -0.05) is 0 Å². The number of hydrogen-bond acceptors (Lipinski definition) is 6. The lowest BCUT2D eigenvalue weighted by molar-refractivity contribution is -0.116.